The molecule has 0 amide bonds. The summed E-state index contributed by atoms with van der Waals surface area (Å²) in [7, 11) is 0. The first-order chi connectivity index (χ1) is 18.3. The number of benzene rings is 3. The molecule has 1 atom stereocenters. The van der Waals surface area contributed by atoms with Gasteiger partial charge in [0.25, 0.3) is 0 Å². The van der Waals surface area contributed by atoms with Crippen molar-refractivity contribution in [3.63, 3.8) is 0 Å². The normalized spacial score (nSPS) is 13.2. The molecule has 0 N–H and O–H groups in total. The Balaban J connectivity index is 1.48. The first-order valence-corrected chi connectivity index (χ1v) is 12.9. The number of fused-ring (bicyclic) bond motifs is 1. The molecule has 3 aromatic carbocycles. The summed E-state index contributed by atoms with van der Waals surface area (Å²) in [6, 6.07) is 16.8. The van der Waals surface area contributed by atoms with E-state index in [1.807, 2.05) is 18.2 Å². The number of hydrogen-bond acceptors (Lipinski definition) is 2. The Morgan fingerprint density at radius 3 is 2.42 bits per heavy atom. The molecule has 1 heterocycles. The minimum atomic E-state index is -0.689. The number of ketones is 1. The maximum Gasteiger partial charge on any atom is 0.137 e. The molecular formula is C31H22Cl2F3NO. The highest BCUT2D eigenvalue weighted by atomic mass is 35.5. The number of carbonyl (C=O) groups is 1. The third-order valence-electron chi connectivity index (χ3n) is 6.71. The summed E-state index contributed by atoms with van der Waals surface area (Å²) >= 11 is 12.4. The molecule has 38 heavy (non-hydrogen) atoms. The largest absolute Gasteiger partial charge is 0.299 e. The second kappa shape index (κ2) is 11.1. The molecule has 0 saturated heterocycles. The third kappa shape index (κ3) is 5.85. The fraction of sp³-hybridized carbons (Fsp3) is 0.161. The zero-order valence-corrected chi connectivity index (χ0v) is 21.7. The Bertz CT molecular complexity index is 1550. The average molecular weight is 552 g/mol. The van der Waals surface area contributed by atoms with Gasteiger partial charge in [0.15, 0.2) is 0 Å². The van der Waals surface area contributed by atoms with Gasteiger partial charge < -0.3 is 0 Å². The van der Waals surface area contributed by atoms with Crippen molar-refractivity contribution in [2.24, 2.45) is 0 Å². The van der Waals surface area contributed by atoms with Crippen molar-refractivity contribution in [3.05, 3.63) is 129 Å². The summed E-state index contributed by atoms with van der Waals surface area (Å²) in [5, 5.41) is 0.780. The molecule has 192 valence electrons. The lowest BCUT2D eigenvalue weighted by Crippen LogP contribution is -2.13. The van der Waals surface area contributed by atoms with Crippen LogP contribution in [-0.4, -0.2) is 10.8 Å². The maximum atomic E-state index is 14.0. The molecule has 2 nitrogen and oxygen atoms in total. The first kappa shape index (κ1) is 26.2. The molecule has 1 aliphatic carbocycles. The van der Waals surface area contributed by atoms with Crippen LogP contribution in [0.2, 0.25) is 10.0 Å². The number of rotatable bonds is 8. The van der Waals surface area contributed by atoms with Crippen LogP contribution in [0.25, 0.3) is 16.7 Å². The fourth-order valence-electron chi connectivity index (χ4n) is 5.02. The summed E-state index contributed by atoms with van der Waals surface area (Å²) in [5.41, 5.74) is 5.03. The molecule has 1 aliphatic rings. The van der Waals surface area contributed by atoms with Gasteiger partial charge in [-0.15, -0.1) is 0 Å². The van der Waals surface area contributed by atoms with Crippen molar-refractivity contribution in [3.8, 4) is 11.1 Å². The number of carbonyl (C=O) groups excluding carboxylic acids is 1. The van der Waals surface area contributed by atoms with Crippen molar-refractivity contribution in [1.82, 2.24) is 4.98 Å². The lowest BCUT2D eigenvalue weighted by molar-refractivity contribution is -0.118. The zero-order chi connectivity index (χ0) is 26.8. The van der Waals surface area contributed by atoms with Crippen LogP contribution < -0.4 is 0 Å². The highest BCUT2D eigenvalue weighted by molar-refractivity contribution is 6.42. The molecule has 0 spiro atoms. The zero-order valence-electron chi connectivity index (χ0n) is 20.2. The molecule has 0 radical (unpaired) electrons. The molecule has 0 fully saturated rings. The summed E-state index contributed by atoms with van der Waals surface area (Å²) < 4.78 is 41.9. The number of nitrogens with zero attached hydrogens (tertiary/aromatic N) is 1. The molecule has 0 unspecified atom stereocenters. The van der Waals surface area contributed by atoms with E-state index < -0.39 is 17.6 Å². The molecule has 4 aromatic rings. The second-order valence-corrected chi connectivity index (χ2v) is 10.2. The van der Waals surface area contributed by atoms with Gasteiger partial charge in [-0.05, 0) is 83.1 Å². The maximum absolute atomic E-state index is 14.0. The third-order valence-corrected chi connectivity index (χ3v) is 7.45. The highest BCUT2D eigenvalue weighted by Crippen LogP contribution is 2.37. The smallest absolute Gasteiger partial charge is 0.137 e. The van der Waals surface area contributed by atoms with Gasteiger partial charge in [-0.1, -0.05) is 47.5 Å². The molecule has 5 rings (SSSR count). The Morgan fingerprint density at radius 2 is 1.66 bits per heavy atom. The van der Waals surface area contributed by atoms with Crippen molar-refractivity contribution in [1.29, 1.82) is 0 Å². The number of halogens is 5. The number of pyridine rings is 1. The average Bonchev–Trinajstić information content (AvgIpc) is 3.26. The lowest BCUT2D eigenvalue weighted by atomic mass is 9.85. The van der Waals surface area contributed by atoms with E-state index >= 15 is 0 Å². The van der Waals surface area contributed by atoms with Gasteiger partial charge in [-0.3, -0.25) is 9.78 Å². The monoisotopic (exact) mass is 551 g/mol. The van der Waals surface area contributed by atoms with Gasteiger partial charge in [0.1, 0.15) is 23.2 Å². The predicted molar refractivity (Wildman–Crippen MR) is 145 cm³/mol. The van der Waals surface area contributed by atoms with Crippen LogP contribution >= 0.6 is 23.2 Å². The number of Topliss-reactive ketones (excluding diaryl/α,β-unsaturated/α-hetero) is 1. The lowest BCUT2D eigenvalue weighted by Gasteiger charge is -2.20. The van der Waals surface area contributed by atoms with Crippen LogP contribution in [0.15, 0.2) is 79.0 Å². The van der Waals surface area contributed by atoms with Crippen molar-refractivity contribution in [2.75, 3.05) is 0 Å². The Labute approximate surface area is 228 Å². The molecule has 0 aliphatic heterocycles. The number of aromatic nitrogens is 1. The van der Waals surface area contributed by atoms with Crippen LogP contribution in [0.3, 0.4) is 0 Å². The standard InChI is InChI=1S/C31H22Cl2F3NO/c32-29-8-6-21(15-30(29)33)27-2-1-9-37-31(27)22(10-18-11-24(35)16-25(36)12-18)14-26(38)13-20-4-3-19-5-7-23(34)17-28(19)20/h1-2,4-9,11-12,15-17,22H,3,10,13-14H2/t22-/m1/s1. The summed E-state index contributed by atoms with van der Waals surface area (Å²) in [6.07, 6.45) is 4.60. The van der Waals surface area contributed by atoms with Crippen LogP contribution in [0.1, 0.15) is 41.1 Å². The van der Waals surface area contributed by atoms with Gasteiger partial charge in [-0.2, -0.15) is 0 Å². The van der Waals surface area contributed by atoms with Crippen LogP contribution in [0.4, 0.5) is 13.2 Å². The number of allylic oxidation sites excluding steroid dienone is 2. The van der Waals surface area contributed by atoms with E-state index in [0.29, 0.717) is 27.7 Å². The summed E-state index contributed by atoms with van der Waals surface area (Å²) in [4.78, 5) is 18.0. The van der Waals surface area contributed by atoms with E-state index in [1.165, 1.54) is 24.3 Å². The topological polar surface area (TPSA) is 30.0 Å². The quantitative estimate of drug-likeness (QED) is 0.219. The Morgan fingerprint density at radius 1 is 0.868 bits per heavy atom. The minimum Gasteiger partial charge on any atom is -0.299 e. The molecular weight excluding hydrogens is 530 g/mol. The molecule has 1 aromatic heterocycles. The predicted octanol–water partition coefficient (Wildman–Crippen LogP) is 8.79. The van der Waals surface area contributed by atoms with Crippen LogP contribution in [0.5, 0.6) is 0 Å². The highest BCUT2D eigenvalue weighted by Gasteiger charge is 2.25. The van der Waals surface area contributed by atoms with Gasteiger partial charge >= 0.3 is 0 Å². The molecule has 0 saturated carbocycles. The minimum absolute atomic E-state index is 0.0749. The van der Waals surface area contributed by atoms with Crippen molar-refractivity contribution in [2.45, 2.75) is 31.6 Å². The molecule has 0 bridgehead atoms. The number of hydrogen-bond donors (Lipinski definition) is 0. The van der Waals surface area contributed by atoms with Gasteiger partial charge in [0.2, 0.25) is 0 Å². The van der Waals surface area contributed by atoms with E-state index in [2.05, 4.69) is 4.98 Å². The Hall–Kier alpha value is -3.41. The SMILES string of the molecule is O=C(CC1=CCc2ccc(F)cc21)C[C@@H](Cc1cc(F)cc(F)c1)c1ncccc1-c1ccc(Cl)c(Cl)c1. The van der Waals surface area contributed by atoms with E-state index in [9.17, 15) is 18.0 Å². The second-order valence-electron chi connectivity index (χ2n) is 9.40. The first-order valence-electron chi connectivity index (χ1n) is 12.1. The van der Waals surface area contributed by atoms with Gasteiger partial charge in [0.05, 0.1) is 15.7 Å². The van der Waals surface area contributed by atoms with E-state index in [-0.39, 0.29) is 30.9 Å². The van der Waals surface area contributed by atoms with E-state index in [0.717, 1.165) is 33.9 Å². The van der Waals surface area contributed by atoms with Crippen LogP contribution in [0, 0.1) is 17.5 Å². The van der Waals surface area contributed by atoms with Crippen molar-refractivity contribution >= 4 is 34.6 Å². The fourth-order valence-corrected chi connectivity index (χ4v) is 5.32. The molecule has 7 heteroatoms. The van der Waals surface area contributed by atoms with E-state index in [1.54, 1.807) is 30.5 Å². The van der Waals surface area contributed by atoms with Gasteiger partial charge in [0, 0.05) is 36.6 Å². The Kier molecular flexibility index (Phi) is 7.68. The summed E-state index contributed by atoms with van der Waals surface area (Å²) in [6.45, 7) is 0. The van der Waals surface area contributed by atoms with Gasteiger partial charge in [-0.25, -0.2) is 13.2 Å². The van der Waals surface area contributed by atoms with Crippen molar-refractivity contribution < 1.29 is 18.0 Å². The van der Waals surface area contributed by atoms with E-state index in [4.69, 9.17) is 23.2 Å². The van der Waals surface area contributed by atoms with Crippen LogP contribution in [-0.2, 0) is 17.6 Å². The summed E-state index contributed by atoms with van der Waals surface area (Å²) in [5.74, 6) is -2.30.